The van der Waals surface area contributed by atoms with Gasteiger partial charge in [0.2, 0.25) is 0 Å². The first-order chi connectivity index (χ1) is 10.1. The number of ketones is 1. The number of ether oxygens (including phenoxy) is 1. The number of rotatable bonds is 3. The van der Waals surface area contributed by atoms with Crippen molar-refractivity contribution in [3.63, 3.8) is 0 Å². The third-order valence-corrected chi connectivity index (χ3v) is 4.00. The highest BCUT2D eigenvalue weighted by atomic mass is 16.5. The minimum Gasteiger partial charge on any atom is -0.486 e. The Hall–Kier alpha value is -2.29. The Morgan fingerprint density at radius 1 is 1.24 bits per heavy atom. The highest BCUT2D eigenvalue weighted by Gasteiger charge is 2.21. The van der Waals surface area contributed by atoms with E-state index in [1.807, 2.05) is 12.1 Å². The number of carbonyl (C=O) groups excluding carboxylic acids is 1. The molecule has 0 aromatic heterocycles. The Morgan fingerprint density at radius 2 is 2.05 bits per heavy atom. The van der Waals surface area contributed by atoms with Crippen LogP contribution in [0.25, 0.3) is 0 Å². The molecule has 0 amide bonds. The molecular weight excluding hydrogens is 262 g/mol. The van der Waals surface area contributed by atoms with E-state index in [0.717, 1.165) is 25.0 Å². The van der Waals surface area contributed by atoms with E-state index in [2.05, 4.69) is 18.2 Å². The van der Waals surface area contributed by atoms with Gasteiger partial charge in [0.15, 0.2) is 5.78 Å². The van der Waals surface area contributed by atoms with Crippen LogP contribution in [-0.4, -0.2) is 5.78 Å². The third-order valence-electron chi connectivity index (χ3n) is 4.00. The molecule has 0 fully saturated rings. The van der Waals surface area contributed by atoms with Crippen LogP contribution in [0.15, 0.2) is 42.5 Å². The lowest BCUT2D eigenvalue weighted by Crippen LogP contribution is -2.15. The number of aryl methyl sites for hydroxylation is 1. The lowest BCUT2D eigenvalue weighted by Gasteiger charge is -2.26. The first kappa shape index (κ1) is 13.7. The van der Waals surface area contributed by atoms with Gasteiger partial charge < -0.3 is 10.5 Å². The van der Waals surface area contributed by atoms with Crippen molar-refractivity contribution in [3.05, 3.63) is 59.2 Å². The van der Waals surface area contributed by atoms with Gasteiger partial charge >= 0.3 is 0 Å². The van der Waals surface area contributed by atoms with Crippen LogP contribution in [0.3, 0.4) is 0 Å². The van der Waals surface area contributed by atoms with Crippen molar-refractivity contribution in [2.45, 2.75) is 32.3 Å². The fourth-order valence-electron chi connectivity index (χ4n) is 2.93. The minimum absolute atomic E-state index is 0.0259. The molecule has 0 spiro atoms. The normalized spacial score (nSPS) is 17.1. The number of nitrogen functional groups attached to an aromatic ring is 1. The molecule has 0 bridgehead atoms. The van der Waals surface area contributed by atoms with Gasteiger partial charge in [0.25, 0.3) is 0 Å². The fraction of sp³-hybridized carbons (Fsp3) is 0.278. The molecule has 0 heterocycles. The zero-order valence-electron chi connectivity index (χ0n) is 12.1. The molecule has 0 saturated heterocycles. The number of hydrogen-bond donors (Lipinski definition) is 1. The Kier molecular flexibility index (Phi) is 3.65. The fourth-order valence-corrected chi connectivity index (χ4v) is 2.93. The van der Waals surface area contributed by atoms with Crippen molar-refractivity contribution in [2.75, 3.05) is 5.73 Å². The molecule has 0 radical (unpaired) electrons. The Bertz CT molecular complexity index is 679. The maximum atomic E-state index is 11.4. The van der Waals surface area contributed by atoms with E-state index in [4.69, 9.17) is 10.5 Å². The van der Waals surface area contributed by atoms with E-state index in [1.54, 1.807) is 12.1 Å². The molecule has 3 heteroatoms. The molecular formula is C18H19NO2. The lowest BCUT2D eigenvalue weighted by atomic mass is 9.89. The molecule has 3 nitrogen and oxygen atoms in total. The van der Waals surface area contributed by atoms with Crippen molar-refractivity contribution < 1.29 is 9.53 Å². The third kappa shape index (κ3) is 2.77. The van der Waals surface area contributed by atoms with Crippen LogP contribution in [-0.2, 0) is 6.42 Å². The lowest BCUT2D eigenvalue weighted by molar-refractivity contribution is 0.101. The van der Waals surface area contributed by atoms with Gasteiger partial charge in [-0.2, -0.15) is 0 Å². The molecule has 1 unspecified atom stereocenters. The van der Waals surface area contributed by atoms with Crippen LogP contribution in [0.2, 0.25) is 0 Å². The number of anilines is 1. The Morgan fingerprint density at radius 3 is 2.81 bits per heavy atom. The van der Waals surface area contributed by atoms with Crippen molar-refractivity contribution in [1.29, 1.82) is 0 Å². The smallest absolute Gasteiger partial charge is 0.161 e. The maximum Gasteiger partial charge on any atom is 0.161 e. The summed E-state index contributed by atoms with van der Waals surface area (Å²) < 4.78 is 6.11. The standard InChI is InChI=1S/C18H19NO2/c1-12(20)15-10-9-14(11-17(15)19)21-18-8-4-6-13-5-2-3-7-16(13)18/h2-3,5,7,9-11,18H,4,6,8,19H2,1H3. The van der Waals surface area contributed by atoms with E-state index >= 15 is 0 Å². The SMILES string of the molecule is CC(=O)c1ccc(OC2CCCc3ccccc32)cc1N. The minimum atomic E-state index is -0.0259. The molecule has 1 aliphatic rings. The predicted octanol–water partition coefficient (Wildman–Crippen LogP) is 3.93. The zero-order chi connectivity index (χ0) is 14.8. The summed E-state index contributed by atoms with van der Waals surface area (Å²) in [6, 6.07) is 13.7. The van der Waals surface area contributed by atoms with Gasteiger partial charge in [0.05, 0.1) is 0 Å². The van der Waals surface area contributed by atoms with Gasteiger partial charge in [-0.1, -0.05) is 24.3 Å². The molecule has 2 aromatic rings. The van der Waals surface area contributed by atoms with Crippen LogP contribution in [0.1, 0.15) is 47.4 Å². The summed E-state index contributed by atoms with van der Waals surface area (Å²) in [5.74, 6) is 0.696. The van der Waals surface area contributed by atoms with E-state index in [9.17, 15) is 4.79 Å². The second kappa shape index (κ2) is 5.60. The van der Waals surface area contributed by atoms with Crippen molar-refractivity contribution in [2.24, 2.45) is 0 Å². The Labute approximate surface area is 124 Å². The molecule has 108 valence electrons. The first-order valence-electron chi connectivity index (χ1n) is 7.30. The van der Waals surface area contributed by atoms with Crippen molar-refractivity contribution in [1.82, 2.24) is 0 Å². The van der Waals surface area contributed by atoms with Crippen LogP contribution in [0, 0.1) is 0 Å². The molecule has 1 atom stereocenters. The molecule has 0 aliphatic heterocycles. The summed E-state index contributed by atoms with van der Waals surface area (Å²) in [6.07, 6.45) is 3.31. The quantitative estimate of drug-likeness (QED) is 0.685. The molecule has 1 aliphatic carbocycles. The number of hydrogen-bond acceptors (Lipinski definition) is 3. The van der Waals surface area contributed by atoms with E-state index < -0.39 is 0 Å². The van der Waals surface area contributed by atoms with Crippen LogP contribution >= 0.6 is 0 Å². The molecule has 2 N–H and O–H groups in total. The monoisotopic (exact) mass is 281 g/mol. The topological polar surface area (TPSA) is 52.3 Å². The largest absolute Gasteiger partial charge is 0.486 e. The second-order valence-corrected chi connectivity index (χ2v) is 5.50. The number of benzene rings is 2. The highest BCUT2D eigenvalue weighted by molar-refractivity contribution is 5.99. The van der Waals surface area contributed by atoms with Crippen LogP contribution < -0.4 is 10.5 Å². The summed E-state index contributed by atoms with van der Waals surface area (Å²) in [7, 11) is 0. The maximum absolute atomic E-state index is 11.4. The molecule has 0 saturated carbocycles. The van der Waals surface area contributed by atoms with Gasteiger partial charge in [0, 0.05) is 17.3 Å². The predicted molar refractivity (Wildman–Crippen MR) is 83.6 cm³/mol. The summed E-state index contributed by atoms with van der Waals surface area (Å²) in [4.78, 5) is 11.4. The van der Waals surface area contributed by atoms with E-state index in [1.165, 1.54) is 18.1 Å². The molecule has 21 heavy (non-hydrogen) atoms. The Balaban J connectivity index is 1.85. The van der Waals surface area contributed by atoms with Crippen LogP contribution in [0.4, 0.5) is 5.69 Å². The van der Waals surface area contributed by atoms with Gasteiger partial charge in [-0.3, -0.25) is 4.79 Å². The zero-order valence-corrected chi connectivity index (χ0v) is 12.1. The average molecular weight is 281 g/mol. The van der Waals surface area contributed by atoms with E-state index in [0.29, 0.717) is 11.3 Å². The summed E-state index contributed by atoms with van der Waals surface area (Å²) >= 11 is 0. The number of fused-ring (bicyclic) bond motifs is 1. The highest BCUT2D eigenvalue weighted by Crippen LogP contribution is 2.34. The van der Waals surface area contributed by atoms with Crippen molar-refractivity contribution in [3.8, 4) is 5.75 Å². The number of carbonyl (C=O) groups is 1. The summed E-state index contributed by atoms with van der Waals surface area (Å²) in [5.41, 5.74) is 9.57. The summed E-state index contributed by atoms with van der Waals surface area (Å²) in [5, 5.41) is 0. The van der Waals surface area contributed by atoms with Gasteiger partial charge in [-0.05, 0) is 49.4 Å². The summed E-state index contributed by atoms with van der Waals surface area (Å²) in [6.45, 7) is 1.52. The average Bonchev–Trinajstić information content (AvgIpc) is 2.47. The van der Waals surface area contributed by atoms with E-state index in [-0.39, 0.29) is 11.9 Å². The number of nitrogens with two attached hydrogens (primary N) is 1. The van der Waals surface area contributed by atoms with Gasteiger partial charge in [0.1, 0.15) is 11.9 Å². The first-order valence-corrected chi connectivity index (χ1v) is 7.30. The van der Waals surface area contributed by atoms with Crippen molar-refractivity contribution >= 4 is 11.5 Å². The second-order valence-electron chi connectivity index (χ2n) is 5.50. The number of Topliss-reactive ketones (excluding diaryl/α,β-unsaturated/α-hetero) is 1. The molecule has 2 aromatic carbocycles. The van der Waals surface area contributed by atoms with Gasteiger partial charge in [-0.25, -0.2) is 0 Å². The molecule has 3 rings (SSSR count). The van der Waals surface area contributed by atoms with Crippen LogP contribution in [0.5, 0.6) is 5.75 Å². The van der Waals surface area contributed by atoms with Gasteiger partial charge in [-0.15, -0.1) is 0 Å².